The van der Waals surface area contributed by atoms with E-state index in [-0.39, 0.29) is 5.91 Å². The average molecular weight is 478 g/mol. The molecule has 6 bridgehead atoms. The van der Waals surface area contributed by atoms with E-state index in [9.17, 15) is 10.1 Å². The zero-order valence-corrected chi connectivity index (χ0v) is 20.1. The van der Waals surface area contributed by atoms with Crippen LogP contribution in [-0.2, 0) is 24.2 Å². The van der Waals surface area contributed by atoms with Gasteiger partial charge in [0, 0.05) is 49.9 Å². The Morgan fingerprint density at radius 3 is 2.81 bits per heavy atom. The van der Waals surface area contributed by atoms with E-state index >= 15 is 0 Å². The monoisotopic (exact) mass is 477 g/mol. The third kappa shape index (κ3) is 4.32. The molecule has 7 nitrogen and oxygen atoms in total. The van der Waals surface area contributed by atoms with Crippen LogP contribution in [0, 0.1) is 11.3 Å². The van der Waals surface area contributed by atoms with Crippen molar-refractivity contribution >= 4 is 22.4 Å². The van der Waals surface area contributed by atoms with Crippen molar-refractivity contribution in [2.24, 2.45) is 0 Å². The van der Waals surface area contributed by atoms with Gasteiger partial charge in [-0.05, 0) is 54.1 Å². The molecule has 7 rings (SSSR count). The molecule has 7 heteroatoms. The lowest BCUT2D eigenvalue weighted by molar-refractivity contribution is -0.121. The number of rotatable bonds is 0. The molecule has 180 valence electrons. The van der Waals surface area contributed by atoms with Gasteiger partial charge in [0.1, 0.15) is 17.6 Å². The van der Waals surface area contributed by atoms with Gasteiger partial charge in [-0.25, -0.2) is 4.98 Å². The standard InChI is InChI=1S/C29H27N5O2/c30-17-23-7-6-21-3-2-11-33-20-31-18-24(33)10-12-32-13-14-34(29(35)19-32)27-5-1-4-22-8-9-25(16-26(22)27)36-28(23)15-21/h1,4-9,15-16,18,20H,2-3,10-14,19H2. The smallest absolute Gasteiger partial charge is 0.241 e. The van der Waals surface area contributed by atoms with Crippen LogP contribution in [0.5, 0.6) is 11.5 Å². The molecular formula is C29H27N5O2. The van der Waals surface area contributed by atoms with Gasteiger partial charge in [0.05, 0.1) is 24.1 Å². The molecule has 0 saturated carbocycles. The molecule has 0 radical (unpaired) electrons. The maximum Gasteiger partial charge on any atom is 0.241 e. The number of carbonyl (C=O) groups is 1. The second kappa shape index (κ2) is 9.48. The van der Waals surface area contributed by atoms with Gasteiger partial charge in [-0.2, -0.15) is 5.26 Å². The Morgan fingerprint density at radius 2 is 1.92 bits per heavy atom. The quantitative estimate of drug-likeness (QED) is 0.372. The zero-order chi connectivity index (χ0) is 24.5. The van der Waals surface area contributed by atoms with E-state index in [1.165, 1.54) is 5.69 Å². The molecule has 0 aliphatic carbocycles. The van der Waals surface area contributed by atoms with Crippen molar-refractivity contribution in [2.45, 2.75) is 25.8 Å². The summed E-state index contributed by atoms with van der Waals surface area (Å²) in [5.41, 5.74) is 3.72. The molecule has 1 fully saturated rings. The number of nitrogens with zero attached hydrogens (tertiary/aromatic N) is 5. The molecule has 36 heavy (non-hydrogen) atoms. The molecule has 3 aliphatic rings. The van der Waals surface area contributed by atoms with E-state index in [0.29, 0.717) is 30.2 Å². The second-order valence-corrected chi connectivity index (χ2v) is 9.46. The highest BCUT2D eigenvalue weighted by molar-refractivity contribution is 6.05. The lowest BCUT2D eigenvalue weighted by atomic mass is 10.1. The highest BCUT2D eigenvalue weighted by Crippen LogP contribution is 2.34. The number of carbonyl (C=O) groups excluding carboxylic acids is 1. The van der Waals surface area contributed by atoms with Crippen molar-refractivity contribution in [1.29, 1.82) is 5.26 Å². The van der Waals surface area contributed by atoms with Crippen LogP contribution in [0.3, 0.4) is 0 Å². The summed E-state index contributed by atoms with van der Waals surface area (Å²) in [7, 11) is 0. The minimum atomic E-state index is 0.103. The van der Waals surface area contributed by atoms with E-state index in [0.717, 1.165) is 60.9 Å². The number of piperazine rings is 1. The third-order valence-electron chi connectivity index (χ3n) is 7.16. The van der Waals surface area contributed by atoms with Crippen molar-refractivity contribution in [1.82, 2.24) is 14.5 Å². The van der Waals surface area contributed by atoms with Crippen LogP contribution in [0.2, 0.25) is 0 Å². The number of nitriles is 1. The van der Waals surface area contributed by atoms with Crippen LogP contribution >= 0.6 is 0 Å². The largest absolute Gasteiger partial charge is 0.456 e. The van der Waals surface area contributed by atoms with Crippen molar-refractivity contribution in [3.8, 4) is 17.6 Å². The first kappa shape index (κ1) is 22.3. The predicted molar refractivity (Wildman–Crippen MR) is 138 cm³/mol. The van der Waals surface area contributed by atoms with Gasteiger partial charge < -0.3 is 14.2 Å². The molecule has 1 atom stereocenters. The minimum absolute atomic E-state index is 0.103. The fourth-order valence-corrected chi connectivity index (χ4v) is 5.21. The lowest BCUT2D eigenvalue weighted by Crippen LogP contribution is -2.51. The average Bonchev–Trinajstić information content (AvgIpc) is 3.34. The number of imidazole rings is 1. The van der Waals surface area contributed by atoms with Gasteiger partial charge in [0.15, 0.2) is 0 Å². The minimum Gasteiger partial charge on any atom is -0.456 e. The third-order valence-corrected chi connectivity index (χ3v) is 7.16. The highest BCUT2D eigenvalue weighted by Gasteiger charge is 2.26. The van der Waals surface area contributed by atoms with Gasteiger partial charge in [-0.3, -0.25) is 9.69 Å². The summed E-state index contributed by atoms with van der Waals surface area (Å²) in [5.74, 6) is 1.30. The Hall–Kier alpha value is -4.15. The summed E-state index contributed by atoms with van der Waals surface area (Å²) in [5, 5.41) is 11.7. The maximum atomic E-state index is 13.2. The van der Waals surface area contributed by atoms with E-state index in [2.05, 4.69) is 20.5 Å². The Balaban J connectivity index is 1.41. The van der Waals surface area contributed by atoms with Crippen molar-refractivity contribution < 1.29 is 9.53 Å². The van der Waals surface area contributed by atoms with Gasteiger partial charge in [0.2, 0.25) is 5.91 Å². The number of aromatic nitrogens is 2. The number of ether oxygens (including phenoxy) is 1. The molecule has 1 aromatic heterocycles. The van der Waals surface area contributed by atoms with E-state index < -0.39 is 0 Å². The van der Waals surface area contributed by atoms with Crippen molar-refractivity contribution in [2.75, 3.05) is 31.1 Å². The second-order valence-electron chi connectivity index (χ2n) is 9.46. The maximum absolute atomic E-state index is 13.2. The number of aryl methyl sites for hydroxylation is 2. The summed E-state index contributed by atoms with van der Waals surface area (Å²) in [6.45, 7) is 3.56. The lowest BCUT2D eigenvalue weighted by Gasteiger charge is -2.35. The van der Waals surface area contributed by atoms with Gasteiger partial charge in [-0.1, -0.05) is 24.3 Å². The van der Waals surface area contributed by atoms with Gasteiger partial charge in [-0.15, -0.1) is 0 Å². The first-order valence-electron chi connectivity index (χ1n) is 12.4. The number of amides is 1. The number of hydrogen-bond donors (Lipinski definition) is 0. The topological polar surface area (TPSA) is 74.4 Å². The molecular weight excluding hydrogens is 450 g/mol. The fourth-order valence-electron chi connectivity index (χ4n) is 5.21. The van der Waals surface area contributed by atoms with Crippen LogP contribution < -0.4 is 9.64 Å². The zero-order valence-electron chi connectivity index (χ0n) is 20.1. The first-order valence-corrected chi connectivity index (χ1v) is 12.4. The number of fused-ring (bicyclic) bond motifs is 5. The molecule has 3 aliphatic heterocycles. The molecule has 4 heterocycles. The normalized spacial score (nSPS) is 18.1. The van der Waals surface area contributed by atoms with Crippen molar-refractivity contribution in [3.63, 3.8) is 0 Å². The number of hydrogen-bond acceptors (Lipinski definition) is 5. The van der Waals surface area contributed by atoms with Crippen LogP contribution in [0.1, 0.15) is 23.2 Å². The Kier molecular flexibility index (Phi) is 5.88. The van der Waals surface area contributed by atoms with Crippen LogP contribution in [0.4, 0.5) is 5.69 Å². The molecule has 0 N–H and O–H groups in total. The summed E-state index contributed by atoms with van der Waals surface area (Å²) < 4.78 is 8.47. The molecule has 4 aromatic rings. The van der Waals surface area contributed by atoms with Crippen LogP contribution in [0.25, 0.3) is 10.8 Å². The van der Waals surface area contributed by atoms with E-state index in [1.54, 1.807) is 0 Å². The molecule has 1 saturated heterocycles. The Morgan fingerprint density at radius 1 is 0.972 bits per heavy atom. The van der Waals surface area contributed by atoms with Crippen LogP contribution in [-0.4, -0.2) is 46.5 Å². The molecule has 1 unspecified atom stereocenters. The predicted octanol–water partition coefficient (Wildman–Crippen LogP) is 4.54. The molecule has 0 spiro atoms. The Labute approximate surface area is 210 Å². The summed E-state index contributed by atoms with van der Waals surface area (Å²) in [6, 6.07) is 20.0. The summed E-state index contributed by atoms with van der Waals surface area (Å²) in [4.78, 5) is 21.7. The van der Waals surface area contributed by atoms with E-state index in [4.69, 9.17) is 4.74 Å². The van der Waals surface area contributed by atoms with Crippen LogP contribution in [0.15, 0.2) is 67.1 Å². The fraction of sp³-hybridized carbons (Fsp3) is 0.276. The van der Waals surface area contributed by atoms with E-state index in [1.807, 2.05) is 72.0 Å². The highest BCUT2D eigenvalue weighted by atomic mass is 16.5. The molecule has 1 amide bonds. The molecule has 3 aromatic carbocycles. The van der Waals surface area contributed by atoms with Gasteiger partial charge >= 0.3 is 0 Å². The number of benzene rings is 3. The SMILES string of the molecule is N#Cc1ccc2cc1Oc1ccc3cccc(c3c1)N1CCN(CCc3cncn3CCC2)CC1=O. The summed E-state index contributed by atoms with van der Waals surface area (Å²) in [6.07, 6.45) is 6.51. The van der Waals surface area contributed by atoms with Gasteiger partial charge in [0.25, 0.3) is 0 Å². The number of anilines is 1. The summed E-state index contributed by atoms with van der Waals surface area (Å²) >= 11 is 0. The first-order chi connectivity index (χ1) is 17.7. The van der Waals surface area contributed by atoms with Crippen molar-refractivity contribution in [3.05, 3.63) is 83.9 Å². The Bertz CT molecular complexity index is 1480.